The zero-order valence-electron chi connectivity index (χ0n) is 12.2. The Morgan fingerprint density at radius 3 is 2.82 bits per heavy atom. The summed E-state index contributed by atoms with van der Waals surface area (Å²) in [5.74, 6) is 0.240. The van der Waals surface area contributed by atoms with Gasteiger partial charge >= 0.3 is 5.97 Å². The molecule has 0 aliphatic carbocycles. The third-order valence-corrected chi connectivity index (χ3v) is 3.85. The monoisotopic (exact) mass is 370 g/mol. The molecule has 0 atom stereocenters. The maximum absolute atomic E-state index is 10.6. The topological polar surface area (TPSA) is 95.1 Å². The molecule has 0 saturated carbocycles. The number of nitrogens with zero attached hydrogens (tertiary/aromatic N) is 5. The van der Waals surface area contributed by atoms with Crippen LogP contribution in [0.25, 0.3) is 0 Å². The predicted molar refractivity (Wildman–Crippen MR) is 87.6 cm³/mol. The zero-order chi connectivity index (χ0) is 15.9. The first kappa shape index (κ1) is 16.6. The molecule has 1 fully saturated rings. The van der Waals surface area contributed by atoms with Crippen LogP contribution in [0.3, 0.4) is 0 Å². The Morgan fingerprint density at radius 2 is 2.18 bits per heavy atom. The highest BCUT2D eigenvalue weighted by molar-refractivity contribution is 9.10. The Morgan fingerprint density at radius 1 is 1.45 bits per heavy atom. The number of piperidine rings is 1. The van der Waals surface area contributed by atoms with Crippen molar-refractivity contribution in [2.75, 3.05) is 19.6 Å². The van der Waals surface area contributed by atoms with Gasteiger partial charge in [-0.05, 0) is 41.9 Å². The van der Waals surface area contributed by atoms with Gasteiger partial charge in [-0.3, -0.25) is 10.1 Å². The van der Waals surface area contributed by atoms with E-state index < -0.39 is 5.97 Å². The van der Waals surface area contributed by atoms with Crippen LogP contribution in [0, 0.1) is 0 Å². The molecular weight excluding hydrogens is 352 g/mol. The molecular formula is C13H19BrN6O2. The molecule has 0 aromatic carbocycles. The number of aliphatic imine (C=N–C) groups is 2. The number of carbonyl (C=O) groups is 1. The van der Waals surface area contributed by atoms with Crippen LogP contribution >= 0.6 is 15.9 Å². The van der Waals surface area contributed by atoms with Crippen LogP contribution in [-0.4, -0.2) is 58.1 Å². The molecule has 0 bridgehead atoms. The summed E-state index contributed by atoms with van der Waals surface area (Å²) in [5, 5.41) is 15.6. The SMILES string of the molecule is C=NC(=Nc1c(Br)cnn1CNCC(=O)O)N1CCCCC1. The van der Waals surface area contributed by atoms with Crippen LogP contribution in [0.4, 0.5) is 5.82 Å². The quantitative estimate of drug-likeness (QED) is 0.604. The van der Waals surface area contributed by atoms with Crippen molar-refractivity contribution >= 4 is 40.4 Å². The summed E-state index contributed by atoms with van der Waals surface area (Å²) in [4.78, 5) is 21.2. The highest BCUT2D eigenvalue weighted by atomic mass is 79.9. The summed E-state index contributed by atoms with van der Waals surface area (Å²) >= 11 is 3.40. The average Bonchev–Trinajstić information content (AvgIpc) is 2.86. The van der Waals surface area contributed by atoms with Gasteiger partial charge < -0.3 is 10.0 Å². The fourth-order valence-corrected chi connectivity index (χ4v) is 2.63. The Bertz CT molecular complexity index is 565. The summed E-state index contributed by atoms with van der Waals surface area (Å²) in [7, 11) is 0. The van der Waals surface area contributed by atoms with Crippen LogP contribution in [0.5, 0.6) is 0 Å². The number of halogens is 1. The molecule has 1 aromatic rings. The number of guanidine groups is 1. The molecule has 1 aliphatic heterocycles. The number of hydrogen-bond acceptors (Lipinski definition) is 4. The second-order valence-corrected chi connectivity index (χ2v) is 5.77. The van der Waals surface area contributed by atoms with Crippen LogP contribution < -0.4 is 5.32 Å². The fourth-order valence-electron chi connectivity index (χ4n) is 2.25. The summed E-state index contributed by atoms with van der Waals surface area (Å²) in [5.41, 5.74) is 0. The second kappa shape index (κ2) is 8.04. The lowest BCUT2D eigenvalue weighted by molar-refractivity contribution is -0.136. The van der Waals surface area contributed by atoms with Gasteiger partial charge in [0.1, 0.15) is 0 Å². The molecule has 1 saturated heterocycles. The van der Waals surface area contributed by atoms with Crippen molar-refractivity contribution in [3.8, 4) is 0 Å². The van der Waals surface area contributed by atoms with Gasteiger partial charge in [-0.2, -0.15) is 10.1 Å². The van der Waals surface area contributed by atoms with E-state index in [0.29, 0.717) is 11.8 Å². The molecule has 8 nitrogen and oxygen atoms in total. The van der Waals surface area contributed by atoms with Crippen LogP contribution in [0.2, 0.25) is 0 Å². The summed E-state index contributed by atoms with van der Waals surface area (Å²) in [6, 6.07) is 0. The standard InChI is InChI=1S/C13H19BrN6O2/c1-15-13(19-5-3-2-4-6-19)18-12-10(14)7-17-20(12)9-16-8-11(21)22/h7,16H,1-6,8-9H2,(H,21,22). The molecule has 0 amide bonds. The highest BCUT2D eigenvalue weighted by Gasteiger charge is 2.16. The average molecular weight is 371 g/mol. The molecule has 1 aromatic heterocycles. The number of aromatic nitrogens is 2. The van der Waals surface area contributed by atoms with Gasteiger partial charge in [0.15, 0.2) is 5.82 Å². The number of rotatable bonds is 5. The number of aliphatic carboxylic acids is 1. The minimum Gasteiger partial charge on any atom is -0.480 e. The van der Waals surface area contributed by atoms with E-state index in [2.05, 4.69) is 47.9 Å². The number of carboxylic acid groups (broad SMARTS) is 1. The lowest BCUT2D eigenvalue weighted by Gasteiger charge is -2.27. The molecule has 9 heteroatoms. The van der Waals surface area contributed by atoms with Crippen molar-refractivity contribution in [2.45, 2.75) is 25.9 Å². The van der Waals surface area contributed by atoms with E-state index in [1.54, 1.807) is 10.9 Å². The van der Waals surface area contributed by atoms with Gasteiger partial charge in [0.25, 0.3) is 0 Å². The highest BCUT2D eigenvalue weighted by Crippen LogP contribution is 2.25. The summed E-state index contributed by atoms with van der Waals surface area (Å²) < 4.78 is 2.31. The maximum atomic E-state index is 10.6. The Balaban J connectivity index is 2.15. The van der Waals surface area contributed by atoms with E-state index >= 15 is 0 Å². The number of carboxylic acids is 1. The first-order chi connectivity index (χ1) is 10.6. The number of likely N-dealkylation sites (tertiary alicyclic amines) is 1. The van der Waals surface area contributed by atoms with Crippen molar-refractivity contribution in [1.82, 2.24) is 20.0 Å². The van der Waals surface area contributed by atoms with E-state index in [9.17, 15) is 4.79 Å². The summed E-state index contributed by atoms with van der Waals surface area (Å²) in [6.07, 6.45) is 5.09. The lowest BCUT2D eigenvalue weighted by Crippen LogP contribution is -2.34. The minimum atomic E-state index is -0.918. The number of hydrogen-bond donors (Lipinski definition) is 2. The van der Waals surface area contributed by atoms with Crippen molar-refractivity contribution in [2.24, 2.45) is 9.98 Å². The molecule has 1 aliphatic rings. The van der Waals surface area contributed by atoms with Gasteiger partial charge in [0.05, 0.1) is 23.9 Å². The Kier molecular flexibility index (Phi) is 6.08. The maximum Gasteiger partial charge on any atom is 0.317 e. The van der Waals surface area contributed by atoms with Crippen molar-refractivity contribution in [1.29, 1.82) is 0 Å². The van der Waals surface area contributed by atoms with Crippen LogP contribution in [0.1, 0.15) is 19.3 Å². The molecule has 22 heavy (non-hydrogen) atoms. The Hall–Kier alpha value is -1.74. The Labute approximate surface area is 137 Å². The third-order valence-electron chi connectivity index (χ3n) is 3.29. The van der Waals surface area contributed by atoms with E-state index in [0.717, 1.165) is 30.4 Å². The van der Waals surface area contributed by atoms with Crippen molar-refractivity contribution in [3.05, 3.63) is 10.7 Å². The molecule has 0 unspecified atom stereocenters. The zero-order valence-corrected chi connectivity index (χ0v) is 13.8. The van der Waals surface area contributed by atoms with Crippen molar-refractivity contribution in [3.63, 3.8) is 0 Å². The first-order valence-electron chi connectivity index (χ1n) is 7.06. The third kappa shape index (κ3) is 4.38. The molecule has 2 N–H and O–H groups in total. The minimum absolute atomic E-state index is 0.140. The molecule has 2 heterocycles. The van der Waals surface area contributed by atoms with E-state index in [4.69, 9.17) is 5.11 Å². The molecule has 0 spiro atoms. The number of nitrogens with one attached hydrogen (secondary N) is 1. The first-order valence-corrected chi connectivity index (χ1v) is 7.85. The van der Waals surface area contributed by atoms with E-state index in [1.807, 2.05) is 0 Å². The second-order valence-electron chi connectivity index (χ2n) is 4.91. The molecule has 2 rings (SSSR count). The normalized spacial score (nSPS) is 15.9. The van der Waals surface area contributed by atoms with Crippen LogP contribution in [-0.2, 0) is 11.5 Å². The lowest BCUT2D eigenvalue weighted by atomic mass is 10.1. The summed E-state index contributed by atoms with van der Waals surface area (Å²) in [6.45, 7) is 5.55. The van der Waals surface area contributed by atoms with Gasteiger partial charge in [0, 0.05) is 13.1 Å². The van der Waals surface area contributed by atoms with E-state index in [-0.39, 0.29) is 13.2 Å². The van der Waals surface area contributed by atoms with Crippen molar-refractivity contribution < 1.29 is 9.90 Å². The fraction of sp³-hybridized carbons (Fsp3) is 0.538. The van der Waals surface area contributed by atoms with Gasteiger partial charge in [-0.15, -0.1) is 0 Å². The van der Waals surface area contributed by atoms with Gasteiger partial charge in [-0.25, -0.2) is 9.67 Å². The molecule has 120 valence electrons. The smallest absolute Gasteiger partial charge is 0.317 e. The van der Waals surface area contributed by atoms with Crippen LogP contribution in [0.15, 0.2) is 20.7 Å². The van der Waals surface area contributed by atoms with E-state index in [1.165, 1.54) is 6.42 Å². The van der Waals surface area contributed by atoms with Gasteiger partial charge in [0.2, 0.25) is 5.96 Å². The molecule has 0 radical (unpaired) electrons. The van der Waals surface area contributed by atoms with Gasteiger partial charge in [-0.1, -0.05) is 0 Å². The largest absolute Gasteiger partial charge is 0.480 e. The predicted octanol–water partition coefficient (Wildman–Crippen LogP) is 1.45.